The first-order valence-corrected chi connectivity index (χ1v) is 11.8. The SMILES string of the molecule is Cc1cccc(CN(C(=O)CSc2ccccc2)[C@@H](C)C(=O)NC2CCCCC2)c1. The number of hydrogen-bond donors (Lipinski definition) is 1. The Hall–Kier alpha value is -2.27. The summed E-state index contributed by atoms with van der Waals surface area (Å²) in [5.74, 6) is 0.251. The molecule has 1 aliphatic rings. The highest BCUT2D eigenvalue weighted by Crippen LogP contribution is 2.21. The molecule has 2 amide bonds. The van der Waals surface area contributed by atoms with Crippen LogP contribution in [0.15, 0.2) is 59.5 Å². The number of amides is 2. The lowest BCUT2D eigenvalue weighted by atomic mass is 9.95. The van der Waals surface area contributed by atoms with E-state index in [9.17, 15) is 9.59 Å². The molecule has 3 rings (SSSR count). The van der Waals surface area contributed by atoms with Crippen LogP contribution >= 0.6 is 11.8 Å². The molecule has 0 bridgehead atoms. The standard InChI is InChI=1S/C25H32N2O2S/c1-19-10-9-11-21(16-19)17-27(24(28)18-30-23-14-7-4-8-15-23)20(2)25(29)26-22-12-5-3-6-13-22/h4,7-11,14-16,20,22H,3,5-6,12-13,17-18H2,1-2H3,(H,26,29)/t20-/m0/s1. The van der Waals surface area contributed by atoms with Crippen LogP contribution in [0.4, 0.5) is 0 Å². The first-order chi connectivity index (χ1) is 14.5. The van der Waals surface area contributed by atoms with Crippen molar-refractivity contribution in [1.82, 2.24) is 10.2 Å². The Morgan fingerprint density at radius 2 is 1.80 bits per heavy atom. The van der Waals surface area contributed by atoms with E-state index in [0.717, 1.165) is 28.9 Å². The Kier molecular flexibility index (Phi) is 8.38. The molecule has 0 aromatic heterocycles. The van der Waals surface area contributed by atoms with E-state index >= 15 is 0 Å². The Morgan fingerprint density at radius 3 is 2.50 bits per heavy atom. The minimum Gasteiger partial charge on any atom is -0.352 e. The van der Waals surface area contributed by atoms with Gasteiger partial charge in [-0.05, 0) is 44.4 Å². The molecule has 0 spiro atoms. The fraction of sp³-hybridized carbons (Fsp3) is 0.440. The third kappa shape index (κ3) is 6.63. The maximum Gasteiger partial charge on any atom is 0.242 e. The van der Waals surface area contributed by atoms with Gasteiger partial charge in [-0.1, -0.05) is 67.3 Å². The molecular formula is C25H32N2O2S. The van der Waals surface area contributed by atoms with E-state index in [1.54, 1.807) is 4.90 Å². The number of benzene rings is 2. The molecule has 2 aromatic carbocycles. The molecule has 0 radical (unpaired) electrons. The summed E-state index contributed by atoms with van der Waals surface area (Å²) >= 11 is 1.51. The topological polar surface area (TPSA) is 49.4 Å². The first-order valence-electron chi connectivity index (χ1n) is 10.9. The molecule has 4 nitrogen and oxygen atoms in total. The van der Waals surface area contributed by atoms with Crippen molar-refractivity contribution in [3.05, 3.63) is 65.7 Å². The van der Waals surface area contributed by atoms with Gasteiger partial charge in [0.2, 0.25) is 11.8 Å². The number of rotatable bonds is 8. The molecule has 30 heavy (non-hydrogen) atoms. The molecule has 5 heteroatoms. The van der Waals surface area contributed by atoms with Crippen molar-refractivity contribution < 1.29 is 9.59 Å². The average molecular weight is 425 g/mol. The number of aryl methyl sites for hydroxylation is 1. The van der Waals surface area contributed by atoms with Crippen LogP contribution in [0.25, 0.3) is 0 Å². The molecule has 0 saturated heterocycles. The number of hydrogen-bond acceptors (Lipinski definition) is 3. The van der Waals surface area contributed by atoms with Gasteiger partial charge in [-0.2, -0.15) is 0 Å². The number of thioether (sulfide) groups is 1. The van der Waals surface area contributed by atoms with Gasteiger partial charge in [0.05, 0.1) is 5.75 Å². The Bertz CT molecular complexity index is 834. The molecule has 1 saturated carbocycles. The van der Waals surface area contributed by atoms with Gasteiger partial charge in [-0.25, -0.2) is 0 Å². The number of nitrogens with one attached hydrogen (secondary N) is 1. The lowest BCUT2D eigenvalue weighted by Crippen LogP contribution is -2.50. The van der Waals surface area contributed by atoms with Crippen molar-refractivity contribution >= 4 is 23.6 Å². The lowest BCUT2D eigenvalue weighted by molar-refractivity contribution is -0.139. The molecule has 0 aliphatic heterocycles. The molecule has 160 valence electrons. The summed E-state index contributed by atoms with van der Waals surface area (Å²) in [4.78, 5) is 28.9. The number of carbonyl (C=O) groups excluding carboxylic acids is 2. The largest absolute Gasteiger partial charge is 0.352 e. The van der Waals surface area contributed by atoms with Crippen LogP contribution in [-0.2, 0) is 16.1 Å². The zero-order valence-corrected chi connectivity index (χ0v) is 18.8. The fourth-order valence-electron chi connectivity index (χ4n) is 3.90. The van der Waals surface area contributed by atoms with Gasteiger partial charge in [0, 0.05) is 17.5 Å². The molecule has 1 N–H and O–H groups in total. The normalized spacial score (nSPS) is 15.4. The van der Waals surface area contributed by atoms with E-state index in [1.165, 1.54) is 31.0 Å². The molecular weight excluding hydrogens is 392 g/mol. The van der Waals surface area contributed by atoms with E-state index in [2.05, 4.69) is 11.4 Å². The summed E-state index contributed by atoms with van der Waals surface area (Å²) in [7, 11) is 0. The minimum absolute atomic E-state index is 0.0170. The Balaban J connectivity index is 1.69. The fourth-order valence-corrected chi connectivity index (χ4v) is 4.71. The second kappa shape index (κ2) is 11.2. The highest BCUT2D eigenvalue weighted by atomic mass is 32.2. The van der Waals surface area contributed by atoms with Crippen LogP contribution in [0.5, 0.6) is 0 Å². The van der Waals surface area contributed by atoms with Crippen LogP contribution in [0.1, 0.15) is 50.2 Å². The maximum absolute atomic E-state index is 13.2. The summed E-state index contributed by atoms with van der Waals surface area (Å²) in [5.41, 5.74) is 2.20. The minimum atomic E-state index is -0.503. The quantitative estimate of drug-likeness (QED) is 0.610. The average Bonchev–Trinajstić information content (AvgIpc) is 2.77. The molecule has 2 aromatic rings. The van der Waals surface area contributed by atoms with Crippen LogP contribution in [0.2, 0.25) is 0 Å². The lowest BCUT2D eigenvalue weighted by Gasteiger charge is -2.31. The van der Waals surface area contributed by atoms with E-state index < -0.39 is 6.04 Å². The predicted octanol–water partition coefficient (Wildman–Crippen LogP) is 4.95. The van der Waals surface area contributed by atoms with Crippen molar-refractivity contribution in [2.45, 2.75) is 69.5 Å². The van der Waals surface area contributed by atoms with Gasteiger partial charge in [-0.15, -0.1) is 11.8 Å². The highest BCUT2D eigenvalue weighted by molar-refractivity contribution is 8.00. The van der Waals surface area contributed by atoms with Crippen molar-refractivity contribution in [2.24, 2.45) is 0 Å². The zero-order chi connectivity index (χ0) is 21.3. The zero-order valence-electron chi connectivity index (χ0n) is 18.0. The van der Waals surface area contributed by atoms with Crippen molar-refractivity contribution in [2.75, 3.05) is 5.75 Å². The van der Waals surface area contributed by atoms with E-state index in [-0.39, 0.29) is 17.9 Å². The second-order valence-electron chi connectivity index (χ2n) is 8.13. The summed E-state index contributed by atoms with van der Waals surface area (Å²) in [6.45, 7) is 4.33. The van der Waals surface area contributed by atoms with Crippen LogP contribution in [0.3, 0.4) is 0 Å². The monoisotopic (exact) mass is 424 g/mol. The van der Waals surface area contributed by atoms with Crippen molar-refractivity contribution in [3.63, 3.8) is 0 Å². The van der Waals surface area contributed by atoms with Crippen LogP contribution < -0.4 is 5.32 Å². The van der Waals surface area contributed by atoms with Gasteiger partial charge in [0.15, 0.2) is 0 Å². The first kappa shape index (κ1) is 22.4. The van der Waals surface area contributed by atoms with Crippen molar-refractivity contribution in [1.29, 1.82) is 0 Å². The van der Waals surface area contributed by atoms with Crippen LogP contribution in [-0.4, -0.2) is 34.6 Å². The molecule has 1 atom stereocenters. The predicted molar refractivity (Wildman–Crippen MR) is 123 cm³/mol. The smallest absolute Gasteiger partial charge is 0.242 e. The maximum atomic E-state index is 13.2. The Morgan fingerprint density at radius 1 is 1.07 bits per heavy atom. The summed E-state index contributed by atoms with van der Waals surface area (Å²) < 4.78 is 0. The molecule has 1 fully saturated rings. The van der Waals surface area contributed by atoms with Gasteiger partial charge in [-0.3, -0.25) is 9.59 Å². The van der Waals surface area contributed by atoms with E-state index in [4.69, 9.17) is 0 Å². The third-order valence-electron chi connectivity index (χ3n) is 5.66. The second-order valence-corrected chi connectivity index (χ2v) is 9.18. The van der Waals surface area contributed by atoms with Crippen LogP contribution in [0, 0.1) is 6.92 Å². The number of nitrogens with zero attached hydrogens (tertiary/aromatic N) is 1. The summed E-state index contributed by atoms with van der Waals surface area (Å²) in [6, 6.07) is 17.8. The van der Waals surface area contributed by atoms with E-state index in [1.807, 2.05) is 62.4 Å². The number of carbonyl (C=O) groups is 2. The molecule has 0 heterocycles. The third-order valence-corrected chi connectivity index (χ3v) is 6.66. The van der Waals surface area contributed by atoms with Crippen molar-refractivity contribution in [3.8, 4) is 0 Å². The summed E-state index contributed by atoms with van der Waals surface area (Å²) in [5, 5.41) is 3.19. The highest BCUT2D eigenvalue weighted by Gasteiger charge is 2.28. The Labute approximate surface area is 184 Å². The van der Waals surface area contributed by atoms with Gasteiger partial charge in [0.1, 0.15) is 6.04 Å². The summed E-state index contributed by atoms with van der Waals surface area (Å²) in [6.07, 6.45) is 5.65. The molecule has 1 aliphatic carbocycles. The van der Waals surface area contributed by atoms with Gasteiger partial charge >= 0.3 is 0 Å². The van der Waals surface area contributed by atoms with E-state index in [0.29, 0.717) is 12.3 Å². The molecule has 0 unspecified atom stereocenters. The van der Waals surface area contributed by atoms with Gasteiger partial charge < -0.3 is 10.2 Å². The van der Waals surface area contributed by atoms with Gasteiger partial charge in [0.25, 0.3) is 0 Å².